The number of nitrogens with one attached hydrogen (secondary N) is 2. The molecule has 0 fully saturated rings. The molecule has 6 heteroatoms. The van der Waals surface area contributed by atoms with Crippen LogP contribution in [0, 0.1) is 0 Å². The first-order valence-electron chi connectivity index (χ1n) is 7.55. The minimum Gasteiger partial charge on any atom is -0.354 e. The summed E-state index contributed by atoms with van der Waals surface area (Å²) in [5, 5.41) is 6.47. The van der Waals surface area contributed by atoms with Crippen molar-refractivity contribution in [3.63, 3.8) is 0 Å². The van der Waals surface area contributed by atoms with Crippen LogP contribution in [0.5, 0.6) is 0 Å². The summed E-state index contributed by atoms with van der Waals surface area (Å²) in [6.07, 6.45) is 0.689. The number of benzene rings is 2. The van der Waals surface area contributed by atoms with Crippen molar-refractivity contribution in [2.24, 2.45) is 0 Å². The Morgan fingerprint density at radius 3 is 2.38 bits per heavy atom. The maximum atomic E-state index is 12.1. The Morgan fingerprint density at radius 1 is 1.04 bits per heavy atom. The van der Waals surface area contributed by atoms with Crippen molar-refractivity contribution in [2.75, 3.05) is 6.54 Å². The third kappa shape index (κ3) is 5.25. The van der Waals surface area contributed by atoms with Gasteiger partial charge in [-0.05, 0) is 43.2 Å². The van der Waals surface area contributed by atoms with Crippen LogP contribution in [0.2, 0.25) is 10.0 Å². The Hall–Kier alpha value is -2.04. The van der Waals surface area contributed by atoms with Crippen molar-refractivity contribution in [2.45, 2.75) is 19.4 Å². The summed E-state index contributed by atoms with van der Waals surface area (Å²) in [7, 11) is 0. The van der Waals surface area contributed by atoms with Crippen LogP contribution in [0.25, 0.3) is 0 Å². The van der Waals surface area contributed by atoms with Crippen LogP contribution < -0.4 is 10.6 Å². The number of hydrogen-bond acceptors (Lipinski definition) is 2. The van der Waals surface area contributed by atoms with Gasteiger partial charge in [-0.25, -0.2) is 0 Å². The Morgan fingerprint density at radius 2 is 1.71 bits per heavy atom. The lowest BCUT2D eigenvalue weighted by Gasteiger charge is -2.14. The highest BCUT2D eigenvalue weighted by Crippen LogP contribution is 2.14. The fraction of sp³-hybridized carbons (Fsp3) is 0.222. The van der Waals surface area contributed by atoms with Gasteiger partial charge in [-0.15, -0.1) is 0 Å². The van der Waals surface area contributed by atoms with Crippen LogP contribution in [-0.4, -0.2) is 24.4 Å². The molecule has 2 rings (SSSR count). The number of halogens is 2. The summed E-state index contributed by atoms with van der Waals surface area (Å²) in [6.45, 7) is 2.11. The van der Waals surface area contributed by atoms with E-state index in [-0.39, 0.29) is 11.8 Å². The van der Waals surface area contributed by atoms with Crippen molar-refractivity contribution >= 4 is 35.0 Å². The van der Waals surface area contributed by atoms with Crippen molar-refractivity contribution in [1.29, 1.82) is 0 Å². The van der Waals surface area contributed by atoms with E-state index in [9.17, 15) is 9.59 Å². The van der Waals surface area contributed by atoms with Crippen LogP contribution in [0.1, 0.15) is 22.8 Å². The van der Waals surface area contributed by atoms with Gasteiger partial charge < -0.3 is 10.6 Å². The molecule has 1 atom stereocenters. The molecule has 0 spiro atoms. The SMILES string of the molecule is CC(NC(=O)c1ccccc1Cl)C(=O)NCCc1ccc(Cl)cc1. The third-order valence-corrected chi connectivity index (χ3v) is 4.07. The minimum atomic E-state index is -0.654. The molecule has 0 aromatic heterocycles. The van der Waals surface area contributed by atoms with E-state index in [1.807, 2.05) is 24.3 Å². The van der Waals surface area contributed by atoms with E-state index in [0.29, 0.717) is 28.6 Å². The van der Waals surface area contributed by atoms with Gasteiger partial charge in [0.15, 0.2) is 0 Å². The van der Waals surface area contributed by atoms with Crippen LogP contribution in [0.3, 0.4) is 0 Å². The van der Waals surface area contributed by atoms with Gasteiger partial charge in [0.25, 0.3) is 5.91 Å². The fourth-order valence-corrected chi connectivity index (χ4v) is 2.47. The molecule has 0 aliphatic carbocycles. The van der Waals surface area contributed by atoms with Crippen LogP contribution in [0.4, 0.5) is 0 Å². The number of carbonyl (C=O) groups excluding carboxylic acids is 2. The van der Waals surface area contributed by atoms with Gasteiger partial charge >= 0.3 is 0 Å². The first kappa shape index (κ1) is 18.3. The predicted molar refractivity (Wildman–Crippen MR) is 96.5 cm³/mol. The highest BCUT2D eigenvalue weighted by molar-refractivity contribution is 6.33. The molecule has 0 aliphatic rings. The number of carbonyl (C=O) groups is 2. The minimum absolute atomic E-state index is 0.246. The van der Waals surface area contributed by atoms with Crippen molar-refractivity contribution in [1.82, 2.24) is 10.6 Å². The zero-order valence-electron chi connectivity index (χ0n) is 13.2. The molecule has 24 heavy (non-hydrogen) atoms. The number of rotatable bonds is 6. The Labute approximate surface area is 151 Å². The zero-order chi connectivity index (χ0) is 17.5. The van der Waals surface area contributed by atoms with Gasteiger partial charge in [-0.2, -0.15) is 0 Å². The van der Waals surface area contributed by atoms with Crippen molar-refractivity contribution in [3.8, 4) is 0 Å². The number of hydrogen-bond donors (Lipinski definition) is 2. The highest BCUT2D eigenvalue weighted by Gasteiger charge is 2.17. The predicted octanol–water partition coefficient (Wildman–Crippen LogP) is 3.47. The molecular weight excluding hydrogens is 347 g/mol. The summed E-state index contributed by atoms with van der Waals surface area (Å²) in [4.78, 5) is 24.2. The normalized spacial score (nSPS) is 11.6. The smallest absolute Gasteiger partial charge is 0.253 e. The molecule has 2 aromatic carbocycles. The average Bonchev–Trinajstić information content (AvgIpc) is 2.56. The Bertz CT molecular complexity index is 717. The van der Waals surface area contributed by atoms with Gasteiger partial charge in [-0.3, -0.25) is 9.59 Å². The van der Waals surface area contributed by atoms with E-state index < -0.39 is 6.04 Å². The Kier molecular flexibility index (Phi) is 6.64. The lowest BCUT2D eigenvalue weighted by molar-refractivity contribution is -0.122. The summed E-state index contributed by atoms with van der Waals surface area (Å²) in [5.74, 6) is -0.620. The maximum absolute atomic E-state index is 12.1. The van der Waals surface area contributed by atoms with E-state index >= 15 is 0 Å². The summed E-state index contributed by atoms with van der Waals surface area (Å²) in [6, 6.07) is 13.5. The van der Waals surface area contributed by atoms with E-state index in [2.05, 4.69) is 10.6 Å². The van der Waals surface area contributed by atoms with E-state index in [4.69, 9.17) is 23.2 Å². The summed E-state index contributed by atoms with van der Waals surface area (Å²) >= 11 is 11.8. The second-order valence-electron chi connectivity index (χ2n) is 5.34. The lowest BCUT2D eigenvalue weighted by atomic mass is 10.1. The van der Waals surface area contributed by atoms with Crippen molar-refractivity contribution in [3.05, 3.63) is 69.7 Å². The molecule has 1 unspecified atom stereocenters. The van der Waals surface area contributed by atoms with E-state index in [1.165, 1.54) is 0 Å². The highest BCUT2D eigenvalue weighted by atomic mass is 35.5. The standard InChI is InChI=1S/C18H18Cl2N2O2/c1-12(22-18(24)15-4-2-3-5-16(15)20)17(23)21-11-10-13-6-8-14(19)9-7-13/h2-9,12H,10-11H2,1H3,(H,21,23)(H,22,24). The maximum Gasteiger partial charge on any atom is 0.253 e. The van der Waals surface area contributed by atoms with Gasteiger partial charge in [-0.1, -0.05) is 47.5 Å². The molecular formula is C18H18Cl2N2O2. The molecule has 0 heterocycles. The van der Waals surface area contributed by atoms with Gasteiger partial charge in [0.2, 0.25) is 5.91 Å². The zero-order valence-corrected chi connectivity index (χ0v) is 14.7. The first-order valence-corrected chi connectivity index (χ1v) is 8.30. The summed E-state index contributed by atoms with van der Waals surface area (Å²) < 4.78 is 0. The first-order chi connectivity index (χ1) is 11.5. The molecule has 4 nitrogen and oxygen atoms in total. The molecule has 2 N–H and O–H groups in total. The molecule has 126 valence electrons. The molecule has 2 amide bonds. The van der Waals surface area contributed by atoms with Gasteiger partial charge in [0.05, 0.1) is 10.6 Å². The second-order valence-corrected chi connectivity index (χ2v) is 6.19. The van der Waals surface area contributed by atoms with Gasteiger partial charge in [0.1, 0.15) is 6.04 Å². The van der Waals surface area contributed by atoms with Crippen molar-refractivity contribution < 1.29 is 9.59 Å². The molecule has 0 bridgehead atoms. The topological polar surface area (TPSA) is 58.2 Å². The van der Waals surface area contributed by atoms with Crippen LogP contribution in [0.15, 0.2) is 48.5 Å². The van der Waals surface area contributed by atoms with E-state index in [0.717, 1.165) is 5.56 Å². The molecule has 0 saturated carbocycles. The monoisotopic (exact) mass is 364 g/mol. The fourth-order valence-electron chi connectivity index (χ4n) is 2.12. The summed E-state index contributed by atoms with van der Waals surface area (Å²) in [5.41, 5.74) is 1.42. The second kappa shape index (κ2) is 8.71. The lowest BCUT2D eigenvalue weighted by Crippen LogP contribution is -2.45. The molecule has 0 aliphatic heterocycles. The molecule has 0 radical (unpaired) electrons. The van der Waals surface area contributed by atoms with Crippen LogP contribution in [-0.2, 0) is 11.2 Å². The average molecular weight is 365 g/mol. The largest absolute Gasteiger partial charge is 0.354 e. The molecule has 0 saturated heterocycles. The Balaban J connectivity index is 1.80. The molecule has 2 aromatic rings. The number of amides is 2. The third-order valence-electron chi connectivity index (χ3n) is 3.49. The van der Waals surface area contributed by atoms with Crippen LogP contribution >= 0.6 is 23.2 Å². The quantitative estimate of drug-likeness (QED) is 0.824. The van der Waals surface area contributed by atoms with E-state index in [1.54, 1.807) is 31.2 Å². The van der Waals surface area contributed by atoms with Gasteiger partial charge in [0, 0.05) is 11.6 Å².